The Balaban J connectivity index is 0.00000144. The monoisotopic (exact) mass is 545 g/mol. The van der Waals surface area contributed by atoms with Crippen LogP contribution in [0, 0.1) is 5.92 Å². The van der Waals surface area contributed by atoms with E-state index in [0.29, 0.717) is 37.7 Å². The molecule has 5 rings (SSSR count). The summed E-state index contributed by atoms with van der Waals surface area (Å²) < 4.78 is 42.4. The minimum atomic E-state index is -2.33. The summed E-state index contributed by atoms with van der Waals surface area (Å²) >= 11 is 0. The summed E-state index contributed by atoms with van der Waals surface area (Å²) in [4.78, 5) is 16.1. The summed E-state index contributed by atoms with van der Waals surface area (Å²) in [6.07, 6.45) is 1.76. The van der Waals surface area contributed by atoms with Crippen LogP contribution in [0.2, 0.25) is 0 Å². The highest BCUT2D eigenvalue weighted by molar-refractivity contribution is 5.88. The minimum Gasteiger partial charge on any atom is -0.347 e. The molecule has 2 aliphatic heterocycles. The van der Waals surface area contributed by atoms with Gasteiger partial charge in [-0.25, -0.2) is 22.7 Å². The maximum Gasteiger partial charge on any atom is 0.241 e. The Morgan fingerprint density at radius 1 is 1.18 bits per heavy atom. The van der Waals surface area contributed by atoms with E-state index >= 15 is 0 Å². The number of aliphatic imine (C=N–C) groups is 1. The molecule has 39 heavy (non-hydrogen) atoms. The largest absolute Gasteiger partial charge is 0.347 e. The molecule has 3 atom stereocenters. The molecule has 10 heteroatoms. The third-order valence-corrected chi connectivity index (χ3v) is 7.13. The van der Waals surface area contributed by atoms with Gasteiger partial charge in [0.05, 0.1) is 34.8 Å². The van der Waals surface area contributed by atoms with E-state index in [9.17, 15) is 13.2 Å². The van der Waals surface area contributed by atoms with E-state index in [4.69, 9.17) is 4.98 Å². The smallest absolute Gasteiger partial charge is 0.241 e. The van der Waals surface area contributed by atoms with Crippen molar-refractivity contribution >= 4 is 22.9 Å². The van der Waals surface area contributed by atoms with E-state index < -0.39 is 12.6 Å². The van der Waals surface area contributed by atoms with Crippen molar-refractivity contribution in [3.05, 3.63) is 36.3 Å². The average molecular weight is 546 g/mol. The van der Waals surface area contributed by atoms with Gasteiger partial charge >= 0.3 is 0 Å². The van der Waals surface area contributed by atoms with Crippen LogP contribution in [-0.2, 0) is 0 Å². The summed E-state index contributed by atoms with van der Waals surface area (Å²) in [5.41, 5.74) is 4.78. The van der Waals surface area contributed by atoms with Crippen molar-refractivity contribution in [2.75, 3.05) is 25.0 Å². The van der Waals surface area contributed by atoms with Crippen LogP contribution < -0.4 is 5.32 Å². The first-order valence-corrected chi connectivity index (χ1v) is 14.1. The van der Waals surface area contributed by atoms with Gasteiger partial charge in [-0.05, 0) is 50.3 Å². The summed E-state index contributed by atoms with van der Waals surface area (Å²) in [7, 11) is 0. The molecule has 0 aliphatic carbocycles. The zero-order chi connectivity index (χ0) is 28.1. The number of hydrogen-bond acceptors (Lipinski definition) is 6. The molecule has 0 bridgehead atoms. The summed E-state index contributed by atoms with van der Waals surface area (Å²) in [5.74, 6) is 0.813. The second-order valence-electron chi connectivity index (χ2n) is 10.7. The lowest BCUT2D eigenvalue weighted by atomic mass is 9.89. The predicted octanol–water partition coefficient (Wildman–Crippen LogP) is 7.17. The van der Waals surface area contributed by atoms with E-state index in [1.165, 1.54) is 0 Å². The number of nitrogens with one attached hydrogen (secondary N) is 1. The number of aromatic nitrogens is 4. The van der Waals surface area contributed by atoms with Crippen LogP contribution in [0.25, 0.3) is 16.8 Å². The standard InChI is InChI=1S/C27H34F3N7.C2H6.H2/c1-16(2)14-36-10-9-22(20(28)15-36)34-27-31-13-24-19(8-11-37(24)35-27)21-5-6-23-26(33-21)18(4-7-25(29)30)12-17(3)32-23;1-2;/h5-6,8,11,13,16,18,20,22,25H,4,7,9-10,12,14-15H2,1-3H3,(H,34,35);1-2H3;1H/t18?,20-,22+;;/m1../s1. The topological polar surface area (TPSA) is 70.7 Å². The molecule has 214 valence electrons. The summed E-state index contributed by atoms with van der Waals surface area (Å²) in [5, 5.41) is 7.74. The van der Waals surface area contributed by atoms with Gasteiger partial charge in [-0.3, -0.25) is 9.98 Å². The van der Waals surface area contributed by atoms with E-state index in [1.807, 2.05) is 45.2 Å². The quantitative estimate of drug-likeness (QED) is 0.325. The molecule has 0 spiro atoms. The summed E-state index contributed by atoms with van der Waals surface area (Å²) in [6, 6.07) is 5.39. The van der Waals surface area contributed by atoms with Gasteiger partial charge in [-0.1, -0.05) is 27.7 Å². The van der Waals surface area contributed by atoms with Crippen molar-refractivity contribution in [1.82, 2.24) is 24.5 Å². The number of likely N-dealkylation sites (tertiary alicyclic amines) is 1. The lowest BCUT2D eigenvalue weighted by Gasteiger charge is -2.35. The number of piperidine rings is 1. The first-order valence-electron chi connectivity index (χ1n) is 14.1. The first kappa shape index (κ1) is 29.0. The molecule has 0 amide bonds. The Labute approximate surface area is 230 Å². The molecule has 1 N–H and O–H groups in total. The Kier molecular flexibility index (Phi) is 9.58. The van der Waals surface area contributed by atoms with E-state index in [1.54, 1.807) is 10.7 Å². The van der Waals surface area contributed by atoms with E-state index in [2.05, 4.69) is 39.1 Å². The fourth-order valence-electron chi connectivity index (χ4n) is 5.44. The molecule has 1 fully saturated rings. The molecule has 3 aromatic rings. The van der Waals surface area contributed by atoms with Gasteiger partial charge in [0.1, 0.15) is 6.17 Å². The highest BCUT2D eigenvalue weighted by Gasteiger charge is 2.30. The van der Waals surface area contributed by atoms with Crippen molar-refractivity contribution in [1.29, 1.82) is 0 Å². The second kappa shape index (κ2) is 12.9. The zero-order valence-electron chi connectivity index (χ0n) is 23.5. The van der Waals surface area contributed by atoms with Crippen LogP contribution in [0.4, 0.5) is 24.8 Å². The van der Waals surface area contributed by atoms with Gasteiger partial charge in [0.2, 0.25) is 12.4 Å². The van der Waals surface area contributed by atoms with Crippen LogP contribution in [0.1, 0.15) is 73.3 Å². The highest BCUT2D eigenvalue weighted by atomic mass is 19.3. The molecular formula is C29H42F3N7. The fourth-order valence-corrected chi connectivity index (χ4v) is 5.44. The van der Waals surface area contributed by atoms with E-state index in [0.717, 1.165) is 47.0 Å². The third kappa shape index (κ3) is 6.96. The van der Waals surface area contributed by atoms with Crippen molar-refractivity contribution in [3.8, 4) is 11.3 Å². The Morgan fingerprint density at radius 2 is 1.97 bits per heavy atom. The number of alkyl halides is 3. The SMILES string of the molecule is CC.CC1=Nc2ccc(-c3ccn4nc(N[C@H]5CCN(CC(C)C)C[C@H]5F)ncc34)nc2C(CCC(F)F)C1.[HH]. The van der Waals surface area contributed by atoms with Crippen LogP contribution in [0.3, 0.4) is 0 Å². The summed E-state index contributed by atoms with van der Waals surface area (Å²) in [6.45, 7) is 12.4. The van der Waals surface area contributed by atoms with Crippen LogP contribution in [0.5, 0.6) is 0 Å². The van der Waals surface area contributed by atoms with Crippen LogP contribution in [-0.4, -0.2) is 68.5 Å². The van der Waals surface area contributed by atoms with Gasteiger partial charge in [0, 0.05) is 50.9 Å². The van der Waals surface area contributed by atoms with Crippen LogP contribution >= 0.6 is 0 Å². The number of hydrogen-bond donors (Lipinski definition) is 1. The van der Waals surface area contributed by atoms with Crippen molar-refractivity contribution in [2.24, 2.45) is 10.9 Å². The molecule has 7 nitrogen and oxygen atoms in total. The average Bonchev–Trinajstić information content (AvgIpc) is 3.32. The molecule has 0 aromatic carbocycles. The van der Waals surface area contributed by atoms with Gasteiger partial charge in [-0.2, -0.15) is 0 Å². The molecule has 2 aliphatic rings. The van der Waals surface area contributed by atoms with Gasteiger partial charge in [-0.15, -0.1) is 5.10 Å². The normalized spacial score (nSPS) is 21.5. The van der Waals surface area contributed by atoms with Gasteiger partial charge in [0.15, 0.2) is 0 Å². The molecule has 0 radical (unpaired) electrons. The molecule has 1 saturated heterocycles. The lowest BCUT2D eigenvalue weighted by molar-refractivity contribution is 0.116. The lowest BCUT2D eigenvalue weighted by Crippen LogP contribution is -2.48. The fraction of sp³-hybridized carbons (Fsp3) is 0.586. The van der Waals surface area contributed by atoms with Crippen LogP contribution in [0.15, 0.2) is 35.6 Å². The number of rotatable bonds is 8. The molecule has 0 saturated carbocycles. The van der Waals surface area contributed by atoms with Crippen molar-refractivity contribution in [3.63, 3.8) is 0 Å². The molecule has 3 aromatic heterocycles. The third-order valence-electron chi connectivity index (χ3n) is 7.13. The molecule has 5 heterocycles. The Bertz CT molecular complexity index is 1280. The number of pyridine rings is 1. The Morgan fingerprint density at radius 3 is 2.69 bits per heavy atom. The van der Waals surface area contributed by atoms with Gasteiger partial charge < -0.3 is 10.2 Å². The highest BCUT2D eigenvalue weighted by Crippen LogP contribution is 2.38. The number of nitrogens with zero attached hydrogens (tertiary/aromatic N) is 6. The molecule has 1 unspecified atom stereocenters. The number of halogens is 3. The van der Waals surface area contributed by atoms with Gasteiger partial charge in [0.25, 0.3) is 0 Å². The second-order valence-corrected chi connectivity index (χ2v) is 10.7. The van der Waals surface area contributed by atoms with Crippen molar-refractivity contribution < 1.29 is 14.6 Å². The molecular weight excluding hydrogens is 503 g/mol. The maximum absolute atomic E-state index is 14.8. The number of anilines is 1. The Hall–Kier alpha value is -3.01. The van der Waals surface area contributed by atoms with E-state index in [-0.39, 0.29) is 19.8 Å². The minimum absolute atomic E-state index is 0. The zero-order valence-corrected chi connectivity index (χ0v) is 23.5. The predicted molar refractivity (Wildman–Crippen MR) is 153 cm³/mol. The van der Waals surface area contributed by atoms with Crippen molar-refractivity contribution in [2.45, 2.75) is 84.9 Å². The first-order chi connectivity index (χ1) is 18.8. The number of fused-ring (bicyclic) bond motifs is 2. The maximum atomic E-state index is 14.8.